The molecule has 1 aliphatic heterocycles. The third-order valence-electron chi connectivity index (χ3n) is 4.18. The van der Waals surface area contributed by atoms with E-state index in [1.807, 2.05) is 12.1 Å². The Kier molecular flexibility index (Phi) is 4.73. The molecule has 0 atom stereocenters. The molecule has 1 aliphatic rings. The molecule has 5 heteroatoms. The Labute approximate surface area is 121 Å². The third-order valence-corrected chi connectivity index (χ3v) is 4.18. The Morgan fingerprint density at radius 1 is 1.25 bits per heavy atom. The van der Waals surface area contributed by atoms with Crippen molar-refractivity contribution < 1.29 is 9.22 Å². The second kappa shape index (κ2) is 6.33. The molecule has 0 spiro atoms. The molecule has 0 aliphatic carbocycles. The average molecular weight is 279 g/mol. The fraction of sp³-hybridized carbons (Fsp3) is 0.600. The fourth-order valence-corrected chi connectivity index (χ4v) is 2.60. The van der Waals surface area contributed by atoms with Crippen LogP contribution in [0, 0.1) is 0 Å². The van der Waals surface area contributed by atoms with Crippen LogP contribution < -0.4 is 16.2 Å². The molecule has 0 bridgehead atoms. The molecule has 20 heavy (non-hydrogen) atoms. The number of anilines is 2. The van der Waals surface area contributed by atoms with Gasteiger partial charge in [0.05, 0.1) is 39.0 Å². The summed E-state index contributed by atoms with van der Waals surface area (Å²) in [5.74, 6) is 0.736. The van der Waals surface area contributed by atoms with Crippen molar-refractivity contribution in [2.75, 3.05) is 64.9 Å². The van der Waals surface area contributed by atoms with Gasteiger partial charge in [-0.25, -0.2) is 0 Å². The van der Waals surface area contributed by atoms with Gasteiger partial charge >= 0.3 is 0 Å². The lowest BCUT2D eigenvalue weighted by Crippen LogP contribution is -2.56. The van der Waals surface area contributed by atoms with Gasteiger partial charge < -0.3 is 20.7 Å². The van der Waals surface area contributed by atoms with Crippen LogP contribution in [0.15, 0.2) is 18.2 Å². The van der Waals surface area contributed by atoms with Crippen molar-refractivity contribution in [3.63, 3.8) is 0 Å². The second-order valence-corrected chi connectivity index (χ2v) is 6.09. The first-order chi connectivity index (χ1) is 9.48. The third kappa shape index (κ3) is 4.02. The van der Waals surface area contributed by atoms with E-state index >= 15 is 0 Å². The zero-order valence-corrected chi connectivity index (χ0v) is 12.6. The minimum Gasteiger partial charge on any atom is -0.491 e. The number of likely N-dealkylation sites (N-methyl/N-ethyl adjacent to an activating group) is 2. The normalized spacial score (nSPS) is 18.9. The summed E-state index contributed by atoms with van der Waals surface area (Å²) in [6.45, 7) is 6.67. The molecule has 1 fully saturated rings. The zero-order valence-electron chi connectivity index (χ0n) is 12.6. The first-order valence-electron chi connectivity index (χ1n) is 7.28. The lowest BCUT2D eigenvalue weighted by Gasteiger charge is -2.41. The minimum atomic E-state index is 0.616. The van der Waals surface area contributed by atoms with E-state index in [2.05, 4.69) is 19.0 Å². The highest BCUT2D eigenvalue weighted by Gasteiger charge is 2.26. The summed E-state index contributed by atoms with van der Waals surface area (Å²) in [4.78, 5) is 2.39. The smallest absolute Gasteiger partial charge is 0.142 e. The number of hydrogen-bond acceptors (Lipinski definition) is 4. The number of hydrogen-bond donors (Lipinski definition) is 2. The minimum absolute atomic E-state index is 0.616. The van der Waals surface area contributed by atoms with Crippen LogP contribution in [0.25, 0.3) is 0 Å². The quantitative estimate of drug-likeness (QED) is 0.480. The van der Waals surface area contributed by atoms with Crippen LogP contribution in [0.1, 0.15) is 6.42 Å². The second-order valence-electron chi connectivity index (χ2n) is 6.09. The van der Waals surface area contributed by atoms with Crippen molar-refractivity contribution >= 4 is 11.4 Å². The largest absolute Gasteiger partial charge is 0.491 e. The van der Waals surface area contributed by atoms with Gasteiger partial charge in [-0.1, -0.05) is 0 Å². The Morgan fingerprint density at radius 2 is 1.95 bits per heavy atom. The molecule has 5 nitrogen and oxygen atoms in total. The summed E-state index contributed by atoms with van der Waals surface area (Å²) >= 11 is 0. The maximum absolute atomic E-state index is 5.87. The molecule has 0 unspecified atom stereocenters. The van der Waals surface area contributed by atoms with Gasteiger partial charge in [0.1, 0.15) is 5.75 Å². The van der Waals surface area contributed by atoms with Crippen LogP contribution in [0.3, 0.4) is 0 Å². The van der Waals surface area contributed by atoms with Crippen LogP contribution in [-0.2, 0) is 0 Å². The van der Waals surface area contributed by atoms with Gasteiger partial charge in [0.25, 0.3) is 0 Å². The highest BCUT2D eigenvalue weighted by molar-refractivity contribution is 5.60. The van der Waals surface area contributed by atoms with Crippen molar-refractivity contribution in [3.8, 4) is 5.75 Å². The number of rotatable bonds is 5. The van der Waals surface area contributed by atoms with Gasteiger partial charge in [-0.3, -0.25) is 4.90 Å². The van der Waals surface area contributed by atoms with Gasteiger partial charge in [0.2, 0.25) is 0 Å². The predicted molar refractivity (Wildman–Crippen MR) is 83.7 cm³/mol. The van der Waals surface area contributed by atoms with Crippen LogP contribution in [0.4, 0.5) is 11.4 Å². The van der Waals surface area contributed by atoms with E-state index in [9.17, 15) is 0 Å². The summed E-state index contributed by atoms with van der Waals surface area (Å²) in [6.07, 6.45) is 1.05. The number of nitrogens with zero attached hydrogens (tertiary/aromatic N) is 2. The van der Waals surface area contributed by atoms with Crippen LogP contribution in [-0.4, -0.2) is 62.8 Å². The van der Waals surface area contributed by atoms with E-state index in [1.54, 1.807) is 6.07 Å². The van der Waals surface area contributed by atoms with Crippen molar-refractivity contribution in [2.24, 2.45) is 0 Å². The lowest BCUT2D eigenvalue weighted by molar-refractivity contribution is -0.913. The number of quaternary nitrogens is 1. The van der Waals surface area contributed by atoms with E-state index in [0.717, 1.165) is 23.2 Å². The molecule has 0 saturated carbocycles. The van der Waals surface area contributed by atoms with Crippen LogP contribution >= 0.6 is 0 Å². The van der Waals surface area contributed by atoms with E-state index in [4.69, 9.17) is 16.2 Å². The Bertz CT molecular complexity index is 441. The molecule has 0 radical (unpaired) electrons. The Balaban J connectivity index is 1.73. The maximum atomic E-state index is 5.87. The lowest BCUT2D eigenvalue weighted by atomic mass is 10.2. The van der Waals surface area contributed by atoms with E-state index < -0.39 is 0 Å². The van der Waals surface area contributed by atoms with Gasteiger partial charge in [-0.05, 0) is 25.2 Å². The van der Waals surface area contributed by atoms with Crippen LogP contribution in [0.5, 0.6) is 5.75 Å². The molecule has 0 aromatic heterocycles. The monoisotopic (exact) mass is 279 g/mol. The average Bonchev–Trinajstić information content (AvgIpc) is 2.41. The zero-order chi connectivity index (χ0) is 14.6. The first-order valence-corrected chi connectivity index (χ1v) is 7.28. The van der Waals surface area contributed by atoms with Crippen molar-refractivity contribution in [2.45, 2.75) is 6.42 Å². The summed E-state index contributed by atoms with van der Waals surface area (Å²) in [5.41, 5.74) is 12.8. The number of nitrogens with two attached hydrogens (primary N) is 2. The van der Waals surface area contributed by atoms with Gasteiger partial charge in [-0.2, -0.15) is 0 Å². The van der Waals surface area contributed by atoms with E-state index in [0.29, 0.717) is 18.0 Å². The number of ether oxygens (including phenoxy) is 1. The topological polar surface area (TPSA) is 64.5 Å². The molecular formula is C15H27N4O+. The molecular weight excluding hydrogens is 252 g/mol. The first kappa shape index (κ1) is 14.9. The van der Waals surface area contributed by atoms with Crippen molar-refractivity contribution in [3.05, 3.63) is 18.2 Å². The van der Waals surface area contributed by atoms with Crippen molar-refractivity contribution in [1.82, 2.24) is 4.90 Å². The summed E-state index contributed by atoms with van der Waals surface area (Å²) < 4.78 is 6.89. The van der Waals surface area contributed by atoms with Gasteiger partial charge in [0.15, 0.2) is 0 Å². The highest BCUT2D eigenvalue weighted by Crippen LogP contribution is 2.23. The molecule has 1 heterocycles. The number of piperazine rings is 1. The fourth-order valence-electron chi connectivity index (χ4n) is 2.60. The summed E-state index contributed by atoms with van der Waals surface area (Å²) in [6, 6.07) is 5.40. The Hall–Kier alpha value is -1.46. The SMILES string of the molecule is CN1CC[N+](C)(CCCOc2ccc(N)cc2N)CC1. The van der Waals surface area contributed by atoms with Crippen LogP contribution in [0.2, 0.25) is 0 Å². The molecule has 2 rings (SSSR count). The molecule has 1 saturated heterocycles. The van der Waals surface area contributed by atoms with E-state index in [-0.39, 0.29) is 0 Å². The molecule has 0 amide bonds. The highest BCUT2D eigenvalue weighted by atomic mass is 16.5. The van der Waals surface area contributed by atoms with E-state index in [1.165, 1.54) is 26.2 Å². The standard InChI is InChI=1S/C15H27N4O/c1-18-6-9-19(2,10-7-18)8-3-11-20-15-5-4-13(16)12-14(15)17/h4-5,12H,3,6-11,16-17H2,1-2H3/q+1. The summed E-state index contributed by atoms with van der Waals surface area (Å²) in [7, 11) is 4.53. The van der Waals surface area contributed by atoms with Gasteiger partial charge in [0, 0.05) is 25.2 Å². The molecule has 4 N–H and O–H groups in total. The molecule has 1 aromatic carbocycles. The molecule has 112 valence electrons. The summed E-state index contributed by atoms with van der Waals surface area (Å²) in [5, 5.41) is 0. The predicted octanol–water partition coefficient (Wildman–Crippen LogP) is 1.01. The maximum Gasteiger partial charge on any atom is 0.142 e. The van der Waals surface area contributed by atoms with Gasteiger partial charge in [-0.15, -0.1) is 0 Å². The number of benzene rings is 1. The molecule has 1 aromatic rings. The Morgan fingerprint density at radius 3 is 2.60 bits per heavy atom. The van der Waals surface area contributed by atoms with Crippen molar-refractivity contribution in [1.29, 1.82) is 0 Å². The number of nitrogen functional groups attached to an aromatic ring is 2.